The number of nitrogens with one attached hydrogen (secondary N) is 1. The summed E-state index contributed by atoms with van der Waals surface area (Å²) in [5.74, 6) is -0.526. The molecule has 4 aromatic rings. The largest absolute Gasteiger partial charge is 0.350 e. The van der Waals surface area contributed by atoms with Gasteiger partial charge in [0.2, 0.25) is 5.76 Å². The standard InChI is InChI=1S/C22H19FN4O2/c1-14(19-13-24-27(15(19)2)18-10-8-17(23)9-11-18)25-22(28)21-12-20(26-29-21)16-6-4-3-5-7-16/h3-14H,1-2H3,(H,25,28). The molecule has 0 aliphatic rings. The van der Waals surface area contributed by atoms with Gasteiger partial charge in [-0.05, 0) is 38.1 Å². The van der Waals surface area contributed by atoms with E-state index in [1.165, 1.54) is 12.1 Å². The number of rotatable bonds is 5. The van der Waals surface area contributed by atoms with Crippen molar-refractivity contribution >= 4 is 5.91 Å². The molecular formula is C22H19FN4O2. The van der Waals surface area contributed by atoms with Crippen molar-refractivity contribution in [3.63, 3.8) is 0 Å². The summed E-state index contributed by atoms with van der Waals surface area (Å²) in [5.41, 5.74) is 3.93. The van der Waals surface area contributed by atoms with Gasteiger partial charge in [0.05, 0.1) is 17.9 Å². The summed E-state index contributed by atoms with van der Waals surface area (Å²) in [5, 5.41) is 11.2. The molecule has 0 bridgehead atoms. The topological polar surface area (TPSA) is 73.0 Å². The Labute approximate surface area is 167 Å². The predicted molar refractivity (Wildman–Crippen MR) is 106 cm³/mol. The molecule has 2 aromatic heterocycles. The summed E-state index contributed by atoms with van der Waals surface area (Å²) in [4.78, 5) is 12.6. The van der Waals surface area contributed by atoms with Gasteiger partial charge in [-0.25, -0.2) is 9.07 Å². The number of nitrogens with zero attached hydrogens (tertiary/aromatic N) is 3. The van der Waals surface area contributed by atoms with Crippen LogP contribution in [0, 0.1) is 12.7 Å². The number of halogens is 1. The van der Waals surface area contributed by atoms with Crippen molar-refractivity contribution in [2.45, 2.75) is 19.9 Å². The predicted octanol–water partition coefficient (Wildman–Crippen LogP) is 4.47. The third kappa shape index (κ3) is 3.80. The quantitative estimate of drug-likeness (QED) is 0.546. The highest BCUT2D eigenvalue weighted by molar-refractivity contribution is 5.92. The van der Waals surface area contributed by atoms with Gasteiger partial charge in [-0.15, -0.1) is 0 Å². The summed E-state index contributed by atoms with van der Waals surface area (Å²) in [6, 6.07) is 16.9. The Kier molecular flexibility index (Phi) is 4.95. The number of amides is 1. The third-order valence-corrected chi connectivity index (χ3v) is 4.74. The number of carbonyl (C=O) groups is 1. The van der Waals surface area contributed by atoms with E-state index in [4.69, 9.17) is 4.52 Å². The summed E-state index contributed by atoms with van der Waals surface area (Å²) in [6.07, 6.45) is 1.69. The van der Waals surface area contributed by atoms with Crippen LogP contribution in [-0.2, 0) is 0 Å². The van der Waals surface area contributed by atoms with Crippen LogP contribution in [0.15, 0.2) is 71.4 Å². The molecule has 2 heterocycles. The number of benzene rings is 2. The second-order valence-corrected chi connectivity index (χ2v) is 6.71. The molecular weight excluding hydrogens is 371 g/mol. The smallest absolute Gasteiger partial charge is 0.290 e. The zero-order chi connectivity index (χ0) is 20.4. The second-order valence-electron chi connectivity index (χ2n) is 6.71. The second kappa shape index (κ2) is 7.71. The van der Waals surface area contributed by atoms with E-state index in [0.717, 1.165) is 22.5 Å². The molecule has 29 heavy (non-hydrogen) atoms. The van der Waals surface area contributed by atoms with Crippen LogP contribution in [0.25, 0.3) is 16.9 Å². The van der Waals surface area contributed by atoms with Crippen LogP contribution < -0.4 is 5.32 Å². The number of hydrogen-bond acceptors (Lipinski definition) is 4. The van der Waals surface area contributed by atoms with E-state index in [1.807, 2.05) is 44.2 Å². The van der Waals surface area contributed by atoms with E-state index in [0.29, 0.717) is 5.69 Å². The van der Waals surface area contributed by atoms with E-state index in [1.54, 1.807) is 29.1 Å². The van der Waals surface area contributed by atoms with E-state index in [9.17, 15) is 9.18 Å². The molecule has 0 fully saturated rings. The molecule has 0 spiro atoms. The van der Waals surface area contributed by atoms with Gasteiger partial charge in [0.1, 0.15) is 11.5 Å². The zero-order valence-electron chi connectivity index (χ0n) is 16.0. The van der Waals surface area contributed by atoms with Crippen LogP contribution in [0.5, 0.6) is 0 Å². The molecule has 1 atom stereocenters. The lowest BCUT2D eigenvalue weighted by Gasteiger charge is -2.13. The maximum atomic E-state index is 13.2. The van der Waals surface area contributed by atoms with E-state index in [-0.39, 0.29) is 23.5 Å². The van der Waals surface area contributed by atoms with Crippen molar-refractivity contribution < 1.29 is 13.7 Å². The van der Waals surface area contributed by atoms with Gasteiger partial charge in [0.15, 0.2) is 0 Å². The van der Waals surface area contributed by atoms with Gasteiger partial charge in [-0.3, -0.25) is 4.79 Å². The van der Waals surface area contributed by atoms with Crippen LogP contribution in [0.3, 0.4) is 0 Å². The van der Waals surface area contributed by atoms with Crippen molar-refractivity contribution in [1.82, 2.24) is 20.3 Å². The molecule has 0 aliphatic carbocycles. The number of hydrogen-bond donors (Lipinski definition) is 1. The van der Waals surface area contributed by atoms with Crippen molar-refractivity contribution in [3.8, 4) is 16.9 Å². The minimum absolute atomic E-state index is 0.138. The molecule has 1 unspecified atom stereocenters. The molecule has 0 aliphatic heterocycles. The van der Waals surface area contributed by atoms with Gasteiger partial charge >= 0.3 is 0 Å². The zero-order valence-corrected chi connectivity index (χ0v) is 16.0. The van der Waals surface area contributed by atoms with Crippen LogP contribution >= 0.6 is 0 Å². The number of aromatic nitrogens is 3. The maximum Gasteiger partial charge on any atom is 0.290 e. The van der Waals surface area contributed by atoms with Gasteiger partial charge in [0.25, 0.3) is 5.91 Å². The first-order valence-electron chi connectivity index (χ1n) is 9.16. The average molecular weight is 390 g/mol. The lowest BCUT2D eigenvalue weighted by Crippen LogP contribution is -2.26. The Balaban J connectivity index is 1.50. The normalized spacial score (nSPS) is 12.0. The first-order valence-corrected chi connectivity index (χ1v) is 9.16. The Hall–Kier alpha value is -3.74. The van der Waals surface area contributed by atoms with Crippen LogP contribution in [0.2, 0.25) is 0 Å². The molecule has 1 N–H and O–H groups in total. The molecule has 7 heteroatoms. The van der Waals surface area contributed by atoms with Crippen molar-refractivity contribution in [2.75, 3.05) is 0 Å². The summed E-state index contributed by atoms with van der Waals surface area (Å²) in [7, 11) is 0. The van der Waals surface area contributed by atoms with Crippen LogP contribution in [0.1, 0.15) is 34.8 Å². The van der Waals surface area contributed by atoms with Crippen LogP contribution in [0.4, 0.5) is 4.39 Å². The van der Waals surface area contributed by atoms with E-state index < -0.39 is 0 Å². The minimum atomic E-state index is -0.360. The van der Waals surface area contributed by atoms with Gasteiger partial charge in [-0.1, -0.05) is 35.5 Å². The highest BCUT2D eigenvalue weighted by Crippen LogP contribution is 2.22. The summed E-state index contributed by atoms with van der Waals surface area (Å²) >= 11 is 0. The van der Waals surface area contributed by atoms with E-state index >= 15 is 0 Å². The molecule has 0 saturated heterocycles. The van der Waals surface area contributed by atoms with Crippen molar-refractivity contribution in [2.24, 2.45) is 0 Å². The van der Waals surface area contributed by atoms with Gasteiger partial charge < -0.3 is 9.84 Å². The monoisotopic (exact) mass is 390 g/mol. The van der Waals surface area contributed by atoms with E-state index in [2.05, 4.69) is 15.6 Å². The Morgan fingerprint density at radius 1 is 1.14 bits per heavy atom. The molecule has 1 amide bonds. The SMILES string of the molecule is Cc1c(C(C)NC(=O)c2cc(-c3ccccc3)no2)cnn1-c1ccc(F)cc1. The molecule has 0 saturated carbocycles. The Bertz CT molecular complexity index is 1130. The molecule has 2 aromatic carbocycles. The first kappa shape index (κ1) is 18.6. The molecule has 4 rings (SSSR count). The number of carbonyl (C=O) groups excluding carboxylic acids is 1. The first-order chi connectivity index (χ1) is 14.0. The van der Waals surface area contributed by atoms with Crippen molar-refractivity contribution in [3.05, 3.63) is 89.7 Å². The fraction of sp³-hybridized carbons (Fsp3) is 0.136. The van der Waals surface area contributed by atoms with Gasteiger partial charge in [0, 0.05) is 22.9 Å². The fourth-order valence-corrected chi connectivity index (χ4v) is 3.16. The van der Waals surface area contributed by atoms with Gasteiger partial charge in [-0.2, -0.15) is 5.10 Å². The minimum Gasteiger partial charge on any atom is -0.350 e. The molecule has 0 radical (unpaired) electrons. The maximum absolute atomic E-state index is 13.2. The molecule has 6 nitrogen and oxygen atoms in total. The fourth-order valence-electron chi connectivity index (χ4n) is 3.16. The highest BCUT2D eigenvalue weighted by Gasteiger charge is 2.20. The summed E-state index contributed by atoms with van der Waals surface area (Å²) < 4.78 is 20.1. The Morgan fingerprint density at radius 3 is 2.59 bits per heavy atom. The third-order valence-electron chi connectivity index (χ3n) is 4.74. The Morgan fingerprint density at radius 2 is 1.86 bits per heavy atom. The highest BCUT2D eigenvalue weighted by atomic mass is 19.1. The molecule has 146 valence electrons. The lowest BCUT2D eigenvalue weighted by atomic mass is 10.1. The van der Waals surface area contributed by atoms with Crippen molar-refractivity contribution in [1.29, 1.82) is 0 Å². The average Bonchev–Trinajstić information content (AvgIpc) is 3.37. The summed E-state index contributed by atoms with van der Waals surface area (Å²) in [6.45, 7) is 3.77. The van der Waals surface area contributed by atoms with Crippen LogP contribution in [-0.4, -0.2) is 20.8 Å². The lowest BCUT2D eigenvalue weighted by molar-refractivity contribution is 0.0902.